The molecular weight excluding hydrogens is 276 g/mol. The number of nitrogens with zero attached hydrogens (tertiary/aromatic N) is 1. The topological polar surface area (TPSA) is 88.1 Å². The van der Waals surface area contributed by atoms with Crippen molar-refractivity contribution in [2.45, 2.75) is 0 Å². The van der Waals surface area contributed by atoms with Gasteiger partial charge in [0, 0.05) is 12.1 Å². The highest BCUT2D eigenvalue weighted by Crippen LogP contribution is 2.30. The Morgan fingerprint density at radius 2 is 2.00 bits per heavy atom. The van der Waals surface area contributed by atoms with Crippen LogP contribution in [-0.2, 0) is 9.59 Å². The van der Waals surface area contributed by atoms with Gasteiger partial charge in [0.25, 0.3) is 11.8 Å². The van der Waals surface area contributed by atoms with E-state index >= 15 is 0 Å². The van der Waals surface area contributed by atoms with Crippen LogP contribution in [0, 0.1) is 0 Å². The zero-order chi connectivity index (χ0) is 15.4. The lowest BCUT2D eigenvalue weighted by molar-refractivity contribution is -0.137. The van der Waals surface area contributed by atoms with Crippen LogP contribution in [-0.4, -0.2) is 49.2 Å². The highest BCUT2D eigenvalue weighted by molar-refractivity contribution is 6.17. The fourth-order valence-electron chi connectivity index (χ4n) is 1.96. The number of anilines is 1. The second-order valence-electron chi connectivity index (χ2n) is 4.27. The van der Waals surface area contributed by atoms with E-state index in [9.17, 15) is 9.59 Å². The average Bonchev–Trinajstić information content (AvgIpc) is 2.75. The first-order chi connectivity index (χ1) is 10.1. The van der Waals surface area contributed by atoms with E-state index in [-0.39, 0.29) is 18.8 Å². The summed E-state index contributed by atoms with van der Waals surface area (Å²) in [5.41, 5.74) is 0.675. The fraction of sp³-hybridized carbons (Fsp3) is 0.286. The lowest BCUT2D eigenvalue weighted by Gasteiger charge is -2.15. The van der Waals surface area contributed by atoms with Crippen LogP contribution in [0.15, 0.2) is 30.0 Å². The van der Waals surface area contributed by atoms with Gasteiger partial charge < -0.3 is 19.9 Å². The van der Waals surface area contributed by atoms with Crippen LogP contribution in [0.5, 0.6) is 11.5 Å². The number of nitrogens with one attached hydrogen (secondary N) is 1. The maximum atomic E-state index is 12.0. The molecule has 1 aliphatic rings. The Kier molecular flexibility index (Phi) is 4.44. The van der Waals surface area contributed by atoms with E-state index in [0.717, 1.165) is 4.90 Å². The third-order valence-corrected chi connectivity index (χ3v) is 3.01. The molecule has 0 aliphatic carbocycles. The summed E-state index contributed by atoms with van der Waals surface area (Å²) in [6, 6.07) is 5.05. The van der Waals surface area contributed by atoms with Crippen LogP contribution in [0.25, 0.3) is 0 Å². The Morgan fingerprint density at radius 1 is 1.24 bits per heavy atom. The molecule has 0 unspecified atom stereocenters. The van der Waals surface area contributed by atoms with Gasteiger partial charge in [0.1, 0.15) is 17.2 Å². The number of hydrogen-bond donors (Lipinski definition) is 2. The van der Waals surface area contributed by atoms with Crippen molar-refractivity contribution in [3.05, 3.63) is 30.0 Å². The minimum Gasteiger partial charge on any atom is -0.497 e. The normalized spacial score (nSPS) is 14.2. The molecule has 1 heterocycles. The van der Waals surface area contributed by atoms with Crippen molar-refractivity contribution in [3.63, 3.8) is 0 Å². The monoisotopic (exact) mass is 292 g/mol. The highest BCUT2D eigenvalue weighted by atomic mass is 16.5. The maximum absolute atomic E-state index is 12.0. The van der Waals surface area contributed by atoms with Crippen LogP contribution in [0.1, 0.15) is 0 Å². The Labute approximate surface area is 121 Å². The molecule has 2 N–H and O–H groups in total. The molecule has 0 spiro atoms. The summed E-state index contributed by atoms with van der Waals surface area (Å²) in [4.78, 5) is 24.7. The summed E-state index contributed by atoms with van der Waals surface area (Å²) >= 11 is 0. The highest BCUT2D eigenvalue weighted by Gasteiger charge is 2.30. The predicted octanol–water partition coefficient (Wildman–Crippen LogP) is 0.361. The van der Waals surface area contributed by atoms with Crippen molar-refractivity contribution in [3.8, 4) is 11.5 Å². The van der Waals surface area contributed by atoms with Crippen LogP contribution < -0.4 is 14.8 Å². The number of benzene rings is 1. The van der Waals surface area contributed by atoms with Gasteiger partial charge in [0.05, 0.1) is 33.1 Å². The summed E-state index contributed by atoms with van der Waals surface area (Å²) < 4.78 is 10.3. The lowest BCUT2D eigenvalue weighted by atomic mass is 10.2. The second-order valence-corrected chi connectivity index (χ2v) is 4.27. The van der Waals surface area contributed by atoms with Gasteiger partial charge in [-0.2, -0.15) is 0 Å². The van der Waals surface area contributed by atoms with Gasteiger partial charge in [0.15, 0.2) is 0 Å². The van der Waals surface area contributed by atoms with E-state index in [2.05, 4.69) is 5.32 Å². The summed E-state index contributed by atoms with van der Waals surface area (Å²) in [7, 11) is 3.03. The predicted molar refractivity (Wildman–Crippen MR) is 75.1 cm³/mol. The molecule has 1 aromatic carbocycles. The Bertz CT molecular complexity index is 597. The molecule has 0 aromatic heterocycles. The van der Waals surface area contributed by atoms with Gasteiger partial charge in [-0.25, -0.2) is 0 Å². The van der Waals surface area contributed by atoms with Crippen molar-refractivity contribution >= 4 is 17.5 Å². The molecule has 0 atom stereocenters. The minimum absolute atomic E-state index is 0.0287. The van der Waals surface area contributed by atoms with E-state index in [0.29, 0.717) is 17.2 Å². The first-order valence-electron chi connectivity index (χ1n) is 6.28. The summed E-state index contributed by atoms with van der Waals surface area (Å²) in [6.45, 7) is -0.302. The summed E-state index contributed by atoms with van der Waals surface area (Å²) in [5, 5.41) is 11.7. The third-order valence-electron chi connectivity index (χ3n) is 3.01. The number of carbonyl (C=O) groups excluding carboxylic acids is 2. The molecule has 0 saturated carbocycles. The third kappa shape index (κ3) is 2.97. The Hall–Kier alpha value is -2.54. The Morgan fingerprint density at radius 3 is 2.62 bits per heavy atom. The largest absolute Gasteiger partial charge is 0.497 e. The molecular formula is C14H16N2O5. The molecule has 1 aliphatic heterocycles. The van der Waals surface area contributed by atoms with Crippen molar-refractivity contribution in [1.82, 2.24) is 4.90 Å². The maximum Gasteiger partial charge on any atom is 0.277 e. The fourth-order valence-corrected chi connectivity index (χ4v) is 1.96. The lowest BCUT2D eigenvalue weighted by Crippen LogP contribution is -2.34. The molecule has 7 nitrogen and oxygen atoms in total. The quantitative estimate of drug-likeness (QED) is 0.736. The number of hydrogen-bond acceptors (Lipinski definition) is 6. The number of aliphatic hydroxyl groups excluding tert-OH is 1. The van der Waals surface area contributed by atoms with Gasteiger partial charge in [-0.1, -0.05) is 0 Å². The molecule has 0 fully saturated rings. The van der Waals surface area contributed by atoms with Gasteiger partial charge in [-0.05, 0) is 12.1 Å². The number of aliphatic hydroxyl groups is 1. The van der Waals surface area contributed by atoms with E-state index in [1.54, 1.807) is 18.2 Å². The van der Waals surface area contributed by atoms with E-state index < -0.39 is 11.8 Å². The smallest absolute Gasteiger partial charge is 0.277 e. The number of carbonyl (C=O) groups is 2. The van der Waals surface area contributed by atoms with E-state index in [4.69, 9.17) is 14.6 Å². The van der Waals surface area contributed by atoms with Gasteiger partial charge in [-0.3, -0.25) is 14.5 Å². The molecule has 21 heavy (non-hydrogen) atoms. The Balaban J connectivity index is 2.21. The molecule has 0 saturated heterocycles. The molecule has 0 radical (unpaired) electrons. The molecule has 2 rings (SSSR count). The zero-order valence-corrected chi connectivity index (χ0v) is 11.8. The summed E-state index contributed by atoms with van der Waals surface area (Å²) in [6.07, 6.45) is 1.20. The van der Waals surface area contributed by atoms with Crippen molar-refractivity contribution in [2.24, 2.45) is 0 Å². The molecule has 1 aromatic rings. The van der Waals surface area contributed by atoms with Gasteiger partial charge >= 0.3 is 0 Å². The van der Waals surface area contributed by atoms with E-state index in [1.807, 2.05) is 0 Å². The molecule has 7 heteroatoms. The van der Waals surface area contributed by atoms with Crippen molar-refractivity contribution in [2.75, 3.05) is 32.7 Å². The second kappa shape index (κ2) is 6.27. The number of ether oxygens (including phenoxy) is 2. The van der Waals surface area contributed by atoms with Crippen LogP contribution in [0.3, 0.4) is 0 Å². The number of amides is 2. The number of rotatable bonds is 6. The number of imide groups is 1. The van der Waals surface area contributed by atoms with Crippen molar-refractivity contribution in [1.29, 1.82) is 0 Å². The first kappa shape index (κ1) is 14.9. The average molecular weight is 292 g/mol. The standard InChI is InChI=1S/C14H16N2O5/c1-20-9-3-4-10(12(7-9)21-2)15-11-8-13(18)16(5-6-17)14(11)19/h3-4,7-8,15,17H,5-6H2,1-2H3. The summed E-state index contributed by atoms with van der Waals surface area (Å²) in [5.74, 6) is 0.161. The van der Waals surface area contributed by atoms with Crippen molar-refractivity contribution < 1.29 is 24.2 Å². The van der Waals surface area contributed by atoms with Crippen LogP contribution >= 0.6 is 0 Å². The van der Waals surface area contributed by atoms with E-state index in [1.165, 1.54) is 20.3 Å². The zero-order valence-electron chi connectivity index (χ0n) is 11.8. The minimum atomic E-state index is -0.480. The van der Waals surface area contributed by atoms with Crippen LogP contribution in [0.2, 0.25) is 0 Å². The van der Waals surface area contributed by atoms with Crippen LogP contribution in [0.4, 0.5) is 5.69 Å². The number of methoxy groups -OCH3 is 2. The molecule has 2 amide bonds. The number of β-amino-alcohol motifs (C(OH)–C–C–N with tert-alkyl or cyclic N) is 1. The molecule has 0 bridgehead atoms. The van der Waals surface area contributed by atoms with Gasteiger partial charge in [0.2, 0.25) is 0 Å². The SMILES string of the molecule is COc1ccc(NC2=CC(=O)N(CCO)C2=O)c(OC)c1. The molecule has 112 valence electrons. The first-order valence-corrected chi connectivity index (χ1v) is 6.28. The van der Waals surface area contributed by atoms with Gasteiger partial charge in [-0.15, -0.1) is 0 Å².